The van der Waals surface area contributed by atoms with Gasteiger partial charge in [0, 0.05) is 37.5 Å². The first-order valence-electron chi connectivity index (χ1n) is 10.3. The van der Waals surface area contributed by atoms with E-state index in [2.05, 4.69) is 4.98 Å². The smallest absolute Gasteiger partial charge is 0.338 e. The fourth-order valence-corrected chi connectivity index (χ4v) is 4.09. The van der Waals surface area contributed by atoms with Crippen molar-refractivity contribution in [3.05, 3.63) is 58.3 Å². The summed E-state index contributed by atoms with van der Waals surface area (Å²) >= 11 is 0. The van der Waals surface area contributed by atoms with Crippen molar-refractivity contribution in [3.63, 3.8) is 0 Å². The third-order valence-electron chi connectivity index (χ3n) is 6.09. The highest BCUT2D eigenvalue weighted by atomic mass is 19.1. The second-order valence-corrected chi connectivity index (χ2v) is 8.13. The Bertz CT molecular complexity index is 1010. The van der Waals surface area contributed by atoms with Gasteiger partial charge >= 0.3 is 5.97 Å². The van der Waals surface area contributed by atoms with Crippen LogP contribution in [0.25, 0.3) is 0 Å². The van der Waals surface area contributed by atoms with Crippen LogP contribution in [0.3, 0.4) is 0 Å². The number of aliphatic hydroxyl groups excluding tert-OH is 1. The van der Waals surface area contributed by atoms with Crippen molar-refractivity contribution in [2.75, 3.05) is 26.2 Å². The van der Waals surface area contributed by atoms with Crippen LogP contribution in [0.2, 0.25) is 0 Å². The van der Waals surface area contributed by atoms with Gasteiger partial charge in [0.05, 0.1) is 17.2 Å². The van der Waals surface area contributed by atoms with Gasteiger partial charge in [0.15, 0.2) is 0 Å². The van der Waals surface area contributed by atoms with E-state index in [0.717, 1.165) is 16.7 Å². The first kappa shape index (κ1) is 21.2. The number of likely N-dealkylation sites (tertiary alicyclic amines) is 1. The summed E-state index contributed by atoms with van der Waals surface area (Å²) in [6.45, 7) is 3.43. The normalized spacial score (nSPS) is 18.7. The monoisotopic (exact) mass is 425 g/mol. The molecule has 0 radical (unpaired) electrons. The second kappa shape index (κ2) is 8.61. The molecule has 0 saturated carbocycles. The van der Waals surface area contributed by atoms with Gasteiger partial charge < -0.3 is 19.5 Å². The zero-order valence-corrected chi connectivity index (χ0v) is 17.3. The van der Waals surface area contributed by atoms with Gasteiger partial charge in [0.25, 0.3) is 0 Å². The highest BCUT2D eigenvalue weighted by Crippen LogP contribution is 2.31. The van der Waals surface area contributed by atoms with E-state index in [-0.39, 0.29) is 19.2 Å². The van der Waals surface area contributed by atoms with E-state index in [1.165, 1.54) is 6.20 Å². The van der Waals surface area contributed by atoms with Crippen LogP contribution in [0.4, 0.5) is 4.39 Å². The van der Waals surface area contributed by atoms with Crippen LogP contribution in [0, 0.1) is 18.3 Å². The van der Waals surface area contributed by atoms with E-state index < -0.39 is 11.8 Å². The quantitative estimate of drug-likeness (QED) is 0.711. The number of halogens is 1. The summed E-state index contributed by atoms with van der Waals surface area (Å²) in [5.74, 6) is -0.0312. The molecule has 3 heterocycles. The number of β-amino-alcohol motifs (C(OH)–C–C–N with tert-alkyl or cyclic N) is 1. The van der Waals surface area contributed by atoms with Gasteiger partial charge in [-0.3, -0.25) is 0 Å². The van der Waals surface area contributed by atoms with E-state index >= 15 is 4.39 Å². The maximum absolute atomic E-state index is 15.1. The second-order valence-electron chi connectivity index (χ2n) is 8.13. The molecule has 2 aliphatic rings. The molecule has 0 bridgehead atoms. The summed E-state index contributed by atoms with van der Waals surface area (Å²) in [5, 5.41) is 19.6. The number of ether oxygens (including phenoxy) is 2. The Hall–Kier alpha value is -3.02. The fourth-order valence-electron chi connectivity index (χ4n) is 4.09. The molecule has 1 atom stereocenters. The van der Waals surface area contributed by atoms with Gasteiger partial charge in [-0.15, -0.1) is 0 Å². The largest absolute Gasteiger partial charge is 0.474 e. The average molecular weight is 425 g/mol. The van der Waals surface area contributed by atoms with Crippen molar-refractivity contribution in [3.8, 4) is 11.9 Å². The Kier molecular flexibility index (Phi) is 5.90. The molecule has 1 aromatic carbocycles. The molecule has 2 aromatic rings. The number of hydrogen-bond acceptors (Lipinski definition) is 7. The molecule has 31 heavy (non-hydrogen) atoms. The number of cyclic esters (lactones) is 1. The summed E-state index contributed by atoms with van der Waals surface area (Å²) in [6, 6.07) is 8.59. The summed E-state index contributed by atoms with van der Waals surface area (Å²) < 4.78 is 25.7. The van der Waals surface area contributed by atoms with Gasteiger partial charge in [-0.25, -0.2) is 14.2 Å². The summed E-state index contributed by atoms with van der Waals surface area (Å²) in [6.07, 6.45) is 1.25. The number of pyridine rings is 1. The van der Waals surface area contributed by atoms with Crippen molar-refractivity contribution >= 4 is 5.97 Å². The Morgan fingerprint density at radius 3 is 2.81 bits per heavy atom. The van der Waals surface area contributed by atoms with E-state index in [9.17, 15) is 9.90 Å². The van der Waals surface area contributed by atoms with Gasteiger partial charge in [-0.1, -0.05) is 6.07 Å². The molecular formula is C23H24FN3O4. The lowest BCUT2D eigenvalue weighted by Crippen LogP contribution is -2.46. The lowest BCUT2D eigenvalue weighted by Gasteiger charge is -2.37. The molecule has 8 heteroatoms. The van der Waals surface area contributed by atoms with Crippen molar-refractivity contribution in [2.24, 2.45) is 0 Å². The topological polar surface area (TPSA) is 95.7 Å². The molecule has 4 rings (SSSR count). The zero-order valence-electron chi connectivity index (χ0n) is 17.3. The number of nitrogens with zero attached hydrogens (tertiary/aromatic N) is 3. The number of aliphatic hydroxyl groups is 1. The van der Waals surface area contributed by atoms with Gasteiger partial charge in [0.1, 0.15) is 25.0 Å². The van der Waals surface area contributed by atoms with Gasteiger partial charge in [-0.2, -0.15) is 5.26 Å². The number of benzene rings is 1. The molecule has 2 aliphatic heterocycles. The molecule has 1 N–H and O–H groups in total. The molecule has 1 saturated heterocycles. The van der Waals surface area contributed by atoms with Crippen LogP contribution >= 0.6 is 0 Å². The maximum atomic E-state index is 15.1. The van der Waals surface area contributed by atoms with E-state index in [0.29, 0.717) is 49.5 Å². The van der Waals surface area contributed by atoms with E-state index in [4.69, 9.17) is 14.7 Å². The molecular weight excluding hydrogens is 401 g/mol. The number of carbonyl (C=O) groups is 1. The minimum Gasteiger partial charge on any atom is -0.474 e. The summed E-state index contributed by atoms with van der Waals surface area (Å²) in [7, 11) is 0. The number of hydrogen-bond donors (Lipinski definition) is 1. The summed E-state index contributed by atoms with van der Waals surface area (Å²) in [5.41, 5.74) is 1.99. The lowest BCUT2D eigenvalue weighted by molar-refractivity contribution is 0.00257. The first-order chi connectivity index (χ1) is 14.9. The zero-order chi connectivity index (χ0) is 22.0. The molecule has 7 nitrogen and oxygen atoms in total. The van der Waals surface area contributed by atoms with Gasteiger partial charge in [0.2, 0.25) is 5.88 Å². The van der Waals surface area contributed by atoms with Gasteiger partial charge in [-0.05, 0) is 43.0 Å². The Labute approximate surface area is 180 Å². The van der Waals surface area contributed by atoms with Crippen LogP contribution in [0.5, 0.6) is 5.88 Å². The highest BCUT2D eigenvalue weighted by molar-refractivity contribution is 5.93. The minimum absolute atomic E-state index is 0.0970. The van der Waals surface area contributed by atoms with Crippen LogP contribution in [0.1, 0.15) is 51.6 Å². The average Bonchev–Trinajstić information content (AvgIpc) is 3.16. The number of esters is 1. The Balaban J connectivity index is 1.30. The number of carbonyl (C=O) groups excluding carboxylic acids is 1. The lowest BCUT2D eigenvalue weighted by atomic mass is 9.92. The van der Waals surface area contributed by atoms with Crippen molar-refractivity contribution in [1.82, 2.24) is 9.88 Å². The molecule has 1 fully saturated rings. The molecule has 0 amide bonds. The van der Waals surface area contributed by atoms with Crippen LogP contribution in [0.15, 0.2) is 30.5 Å². The molecule has 162 valence electrons. The predicted octanol–water partition coefficient (Wildman–Crippen LogP) is 2.85. The first-order valence-corrected chi connectivity index (χ1v) is 10.3. The molecule has 0 unspecified atom stereocenters. The third-order valence-corrected chi connectivity index (χ3v) is 6.09. The number of rotatable bonds is 6. The van der Waals surface area contributed by atoms with E-state index in [1.807, 2.05) is 17.9 Å². The van der Waals surface area contributed by atoms with Crippen molar-refractivity contribution in [2.45, 2.75) is 38.1 Å². The summed E-state index contributed by atoms with van der Waals surface area (Å²) in [4.78, 5) is 17.7. The standard InChI is InChI=1S/C23H24FN3O4/c1-15-17(3-4-18-19(15)13-30-22(18)29)20(28)12-27-8-6-23(24,7-9-27)14-31-21-5-2-16(10-25)11-26-21/h2-5,11,20,28H,6-9,12-14H2,1H3/t20-/m1/s1. The van der Waals surface area contributed by atoms with Crippen molar-refractivity contribution < 1.29 is 23.8 Å². The number of piperidine rings is 1. The molecule has 0 spiro atoms. The Morgan fingerprint density at radius 2 is 2.13 bits per heavy atom. The highest BCUT2D eigenvalue weighted by Gasteiger charge is 2.36. The SMILES string of the molecule is Cc1c([C@H](O)CN2CCC(F)(COc3ccc(C#N)cn3)CC2)ccc2c1COC2=O. The minimum atomic E-state index is -1.46. The Morgan fingerprint density at radius 1 is 1.35 bits per heavy atom. The maximum Gasteiger partial charge on any atom is 0.338 e. The number of nitriles is 1. The molecule has 0 aliphatic carbocycles. The number of fused-ring (bicyclic) bond motifs is 1. The van der Waals surface area contributed by atoms with Crippen molar-refractivity contribution in [1.29, 1.82) is 5.26 Å². The van der Waals surface area contributed by atoms with Crippen LogP contribution in [-0.2, 0) is 11.3 Å². The number of alkyl halides is 1. The predicted molar refractivity (Wildman–Crippen MR) is 109 cm³/mol. The van der Waals surface area contributed by atoms with Crippen LogP contribution < -0.4 is 4.74 Å². The number of aromatic nitrogens is 1. The fraction of sp³-hybridized carbons (Fsp3) is 0.435. The third kappa shape index (κ3) is 4.53. The molecule has 1 aromatic heterocycles. The van der Waals surface area contributed by atoms with Crippen LogP contribution in [-0.4, -0.2) is 52.9 Å². The van der Waals surface area contributed by atoms with E-state index in [1.54, 1.807) is 24.3 Å².